The fourth-order valence-corrected chi connectivity index (χ4v) is 9.22. The lowest BCUT2D eigenvalue weighted by atomic mass is 9.38. The van der Waals surface area contributed by atoms with E-state index < -0.39 is 5.97 Å². The number of carboxylic acids is 1. The molecule has 0 radical (unpaired) electrons. The summed E-state index contributed by atoms with van der Waals surface area (Å²) in [6, 6.07) is 0. The van der Waals surface area contributed by atoms with E-state index in [2.05, 4.69) is 6.92 Å². The highest BCUT2D eigenvalue weighted by atomic mass is 16.4. The molecule has 5 aliphatic rings. The van der Waals surface area contributed by atoms with Crippen LogP contribution in [0.25, 0.3) is 0 Å². The number of hydrogen-bond donors (Lipinski definition) is 4. The Balaban J connectivity index is 1.41. The Morgan fingerprint density at radius 1 is 1.00 bits per heavy atom. The molecule has 0 aliphatic heterocycles. The number of hydrogen-bond acceptors (Lipinski definition) is 4. The first-order valence-corrected chi connectivity index (χ1v) is 11.5. The van der Waals surface area contributed by atoms with Crippen LogP contribution < -0.4 is 0 Å². The molecule has 5 heteroatoms. The zero-order chi connectivity index (χ0) is 19.8. The lowest BCUT2D eigenvalue weighted by molar-refractivity contribution is -0.242. The Morgan fingerprint density at radius 2 is 1.75 bits per heavy atom. The summed E-state index contributed by atoms with van der Waals surface area (Å²) in [6.45, 7) is 2.36. The molecule has 0 heterocycles. The van der Waals surface area contributed by atoms with E-state index in [-0.39, 0.29) is 41.5 Å². The molecular weight excluding hydrogens is 356 g/mol. The summed E-state index contributed by atoms with van der Waals surface area (Å²) in [4.78, 5) is 11.0. The smallest absolute Gasteiger partial charge is 0.303 e. The molecule has 5 saturated carbocycles. The highest BCUT2D eigenvalue weighted by molar-refractivity contribution is 5.66. The molecule has 0 aromatic carbocycles. The van der Waals surface area contributed by atoms with Gasteiger partial charge in [0.1, 0.15) is 0 Å². The third-order valence-corrected chi connectivity index (χ3v) is 10.4. The summed E-state index contributed by atoms with van der Waals surface area (Å²) in [5.74, 6) is 1.50. The molecule has 5 unspecified atom stereocenters. The Morgan fingerprint density at radius 3 is 2.50 bits per heavy atom. The summed E-state index contributed by atoms with van der Waals surface area (Å²) in [6.07, 6.45) is 7.42. The maximum Gasteiger partial charge on any atom is 0.303 e. The van der Waals surface area contributed by atoms with Crippen LogP contribution in [0.3, 0.4) is 0 Å². The van der Waals surface area contributed by atoms with E-state index in [9.17, 15) is 20.1 Å². The van der Waals surface area contributed by atoms with Crippen molar-refractivity contribution in [1.29, 1.82) is 0 Å². The number of aliphatic hydroxyl groups excluding tert-OH is 3. The van der Waals surface area contributed by atoms with Gasteiger partial charge >= 0.3 is 5.97 Å². The highest BCUT2D eigenvalue weighted by Crippen LogP contribution is 2.74. The van der Waals surface area contributed by atoms with Crippen molar-refractivity contribution < 1.29 is 25.2 Å². The zero-order valence-corrected chi connectivity index (χ0v) is 17.0. The van der Waals surface area contributed by atoms with Crippen molar-refractivity contribution in [3.63, 3.8) is 0 Å². The number of carbonyl (C=O) groups is 1. The van der Waals surface area contributed by atoms with Crippen molar-refractivity contribution in [3.8, 4) is 0 Å². The molecule has 5 aliphatic carbocycles. The Bertz CT molecular complexity index is 651. The standard InChI is InChI=1S/C23H36O5/c1-22-7-6-14(24)8-13(22)9-18(25)21-16-4-3-15-12(2-5-20(27)28)11-23(15,16)19(26)10-17(21)22/h12-19,21,24-26H,2-11H2,1H3,(H,27,28)/t12?,13-,14+,15?,16?,17?,18+,19-,21?,22-,23+/m0/s1. The van der Waals surface area contributed by atoms with Gasteiger partial charge in [0.05, 0.1) is 18.3 Å². The third kappa shape index (κ3) is 2.45. The van der Waals surface area contributed by atoms with Crippen molar-refractivity contribution in [1.82, 2.24) is 0 Å². The lowest BCUT2D eigenvalue weighted by Crippen LogP contribution is -2.66. The van der Waals surface area contributed by atoms with Gasteiger partial charge in [-0.3, -0.25) is 4.79 Å². The largest absolute Gasteiger partial charge is 0.481 e. The van der Waals surface area contributed by atoms with Crippen LogP contribution in [-0.4, -0.2) is 44.7 Å². The van der Waals surface area contributed by atoms with Gasteiger partial charge in [-0.25, -0.2) is 0 Å². The summed E-state index contributed by atoms with van der Waals surface area (Å²) >= 11 is 0. The normalized spacial score (nSPS) is 57.4. The van der Waals surface area contributed by atoms with Crippen molar-refractivity contribution in [2.75, 3.05) is 0 Å². The molecule has 0 aromatic rings. The maximum atomic E-state index is 11.4. The Labute approximate surface area is 167 Å². The van der Waals surface area contributed by atoms with Crippen LogP contribution in [0, 0.1) is 46.3 Å². The second kappa shape index (κ2) is 6.42. The van der Waals surface area contributed by atoms with Crippen molar-refractivity contribution in [2.45, 2.75) is 89.4 Å². The molecule has 0 saturated heterocycles. The van der Waals surface area contributed by atoms with Crippen LogP contribution in [-0.2, 0) is 4.79 Å². The number of aliphatic hydroxyl groups is 3. The van der Waals surface area contributed by atoms with E-state index in [0.29, 0.717) is 29.6 Å². The number of rotatable bonds is 3. The van der Waals surface area contributed by atoms with Crippen LogP contribution in [0.5, 0.6) is 0 Å². The van der Waals surface area contributed by atoms with Crippen molar-refractivity contribution in [3.05, 3.63) is 0 Å². The molecule has 11 atom stereocenters. The van der Waals surface area contributed by atoms with E-state index in [4.69, 9.17) is 5.11 Å². The second-order valence-electron chi connectivity index (χ2n) is 11.2. The Hall–Kier alpha value is -0.650. The summed E-state index contributed by atoms with van der Waals surface area (Å²) < 4.78 is 0. The van der Waals surface area contributed by atoms with Gasteiger partial charge in [-0.15, -0.1) is 0 Å². The fourth-order valence-electron chi connectivity index (χ4n) is 9.22. The summed E-state index contributed by atoms with van der Waals surface area (Å²) in [7, 11) is 0. The first kappa shape index (κ1) is 19.3. The van der Waals surface area contributed by atoms with Gasteiger partial charge in [-0.05, 0) is 98.7 Å². The van der Waals surface area contributed by atoms with Gasteiger partial charge in [-0.2, -0.15) is 0 Å². The zero-order valence-electron chi connectivity index (χ0n) is 17.0. The van der Waals surface area contributed by atoms with Gasteiger partial charge in [0, 0.05) is 11.8 Å². The predicted molar refractivity (Wildman–Crippen MR) is 103 cm³/mol. The van der Waals surface area contributed by atoms with Crippen molar-refractivity contribution >= 4 is 5.97 Å². The van der Waals surface area contributed by atoms with E-state index in [1.54, 1.807) is 0 Å². The quantitative estimate of drug-likeness (QED) is 0.592. The predicted octanol–water partition coefficient (Wildman–Crippen LogP) is 2.81. The minimum atomic E-state index is -0.721. The van der Waals surface area contributed by atoms with Gasteiger partial charge in [-0.1, -0.05) is 6.92 Å². The minimum absolute atomic E-state index is 0.0668. The van der Waals surface area contributed by atoms with Crippen LogP contribution in [0.4, 0.5) is 0 Å². The number of fused-ring (bicyclic) bond motifs is 4. The molecule has 4 N–H and O–H groups in total. The third-order valence-electron chi connectivity index (χ3n) is 10.4. The Kier molecular flexibility index (Phi) is 4.43. The monoisotopic (exact) mass is 392 g/mol. The van der Waals surface area contributed by atoms with Gasteiger partial charge in [0.15, 0.2) is 0 Å². The van der Waals surface area contributed by atoms with Crippen LogP contribution >= 0.6 is 0 Å². The van der Waals surface area contributed by atoms with Crippen LogP contribution in [0.1, 0.15) is 71.1 Å². The molecule has 0 amide bonds. The molecule has 0 bridgehead atoms. The van der Waals surface area contributed by atoms with Gasteiger partial charge in [0.2, 0.25) is 0 Å². The van der Waals surface area contributed by atoms with Crippen LogP contribution in [0.15, 0.2) is 0 Å². The van der Waals surface area contributed by atoms with Gasteiger partial charge in [0.25, 0.3) is 0 Å². The maximum absolute atomic E-state index is 11.4. The molecule has 0 aromatic heterocycles. The molecule has 28 heavy (non-hydrogen) atoms. The van der Waals surface area contributed by atoms with E-state index >= 15 is 0 Å². The highest BCUT2D eigenvalue weighted by Gasteiger charge is 2.71. The lowest BCUT2D eigenvalue weighted by Gasteiger charge is -2.67. The SMILES string of the molecule is C[C@]12CC[C@@H](O)C[C@H]1C[C@@H](O)C1C3CCC4C(CCC(=O)O)C[C@@]43[C@@H](O)CC12. The molecule has 5 nitrogen and oxygen atoms in total. The number of aliphatic carboxylic acids is 1. The molecule has 1 spiro atoms. The molecule has 158 valence electrons. The first-order chi connectivity index (χ1) is 13.3. The fraction of sp³-hybridized carbons (Fsp3) is 0.957. The van der Waals surface area contributed by atoms with Crippen molar-refractivity contribution in [2.24, 2.45) is 46.3 Å². The summed E-state index contributed by atoms with van der Waals surface area (Å²) in [5.41, 5.74) is 0.0545. The topological polar surface area (TPSA) is 98.0 Å². The average Bonchev–Trinajstić information content (AvgIpc) is 2.91. The van der Waals surface area contributed by atoms with E-state index in [1.807, 2.05) is 0 Å². The molecule has 5 fully saturated rings. The van der Waals surface area contributed by atoms with E-state index in [1.165, 1.54) is 0 Å². The van der Waals surface area contributed by atoms with Gasteiger partial charge < -0.3 is 20.4 Å². The summed E-state index contributed by atoms with van der Waals surface area (Å²) in [5, 5.41) is 41.8. The van der Waals surface area contributed by atoms with E-state index in [0.717, 1.165) is 57.8 Å². The average molecular weight is 393 g/mol. The molecular formula is C23H36O5. The molecule has 5 rings (SSSR count). The minimum Gasteiger partial charge on any atom is -0.481 e. The second-order valence-corrected chi connectivity index (χ2v) is 11.2. The number of carboxylic acid groups (broad SMARTS) is 1. The van der Waals surface area contributed by atoms with Crippen LogP contribution in [0.2, 0.25) is 0 Å². The first-order valence-electron chi connectivity index (χ1n) is 11.5.